The predicted molar refractivity (Wildman–Crippen MR) is 69.7 cm³/mol. The first-order chi connectivity index (χ1) is 8.79. The molecule has 1 aromatic heterocycles. The number of halogens is 1. The SMILES string of the molecule is OCc1ccc(OCCCn2ccnc2)c(Cl)c1. The molecule has 1 N–H and O–H groups in total. The Morgan fingerprint density at radius 2 is 2.28 bits per heavy atom. The van der Waals surface area contributed by atoms with Gasteiger partial charge < -0.3 is 14.4 Å². The monoisotopic (exact) mass is 266 g/mol. The van der Waals surface area contributed by atoms with Gasteiger partial charge >= 0.3 is 0 Å². The predicted octanol–water partition coefficient (Wildman–Crippen LogP) is 2.50. The number of aliphatic hydroxyl groups excluding tert-OH is 1. The molecule has 0 radical (unpaired) electrons. The number of aromatic nitrogens is 2. The second kappa shape index (κ2) is 6.42. The molecule has 0 saturated carbocycles. The van der Waals surface area contributed by atoms with Crippen LogP contribution in [0.15, 0.2) is 36.9 Å². The third kappa shape index (κ3) is 3.48. The first kappa shape index (κ1) is 12.9. The Kier molecular flexibility index (Phi) is 4.61. The summed E-state index contributed by atoms with van der Waals surface area (Å²) in [6, 6.07) is 5.30. The molecule has 18 heavy (non-hydrogen) atoms. The summed E-state index contributed by atoms with van der Waals surface area (Å²) in [6.07, 6.45) is 6.34. The van der Waals surface area contributed by atoms with Crippen molar-refractivity contribution in [3.8, 4) is 5.75 Å². The second-order valence-corrected chi connectivity index (χ2v) is 4.33. The molecular formula is C13H15ClN2O2. The molecule has 0 aliphatic heterocycles. The first-order valence-electron chi connectivity index (χ1n) is 5.77. The van der Waals surface area contributed by atoms with E-state index in [9.17, 15) is 0 Å². The summed E-state index contributed by atoms with van der Waals surface area (Å²) in [7, 11) is 0. The molecular weight excluding hydrogens is 252 g/mol. The molecule has 2 rings (SSSR count). The highest BCUT2D eigenvalue weighted by Gasteiger charge is 2.02. The van der Waals surface area contributed by atoms with Gasteiger partial charge in [-0.15, -0.1) is 0 Å². The number of rotatable bonds is 6. The fourth-order valence-corrected chi connectivity index (χ4v) is 1.87. The number of aliphatic hydroxyl groups is 1. The minimum absolute atomic E-state index is 0.0133. The zero-order valence-electron chi connectivity index (χ0n) is 9.92. The molecule has 0 amide bonds. The number of hydrogen-bond donors (Lipinski definition) is 1. The first-order valence-corrected chi connectivity index (χ1v) is 6.15. The Balaban J connectivity index is 1.79. The number of hydrogen-bond acceptors (Lipinski definition) is 3. The van der Waals surface area contributed by atoms with Crippen molar-refractivity contribution in [1.29, 1.82) is 0 Å². The van der Waals surface area contributed by atoms with Gasteiger partial charge in [0, 0.05) is 18.9 Å². The Bertz CT molecular complexity index is 486. The summed E-state index contributed by atoms with van der Waals surface area (Å²) in [6.45, 7) is 1.45. The van der Waals surface area contributed by atoms with Crippen molar-refractivity contribution in [3.05, 3.63) is 47.5 Å². The lowest BCUT2D eigenvalue weighted by Crippen LogP contribution is -2.03. The highest BCUT2D eigenvalue weighted by atomic mass is 35.5. The van der Waals surface area contributed by atoms with Crippen LogP contribution in [0, 0.1) is 0 Å². The largest absolute Gasteiger partial charge is 0.492 e. The van der Waals surface area contributed by atoms with E-state index >= 15 is 0 Å². The van der Waals surface area contributed by atoms with Crippen LogP contribution in [-0.4, -0.2) is 21.3 Å². The normalized spacial score (nSPS) is 10.6. The van der Waals surface area contributed by atoms with Crippen LogP contribution in [0.2, 0.25) is 5.02 Å². The molecule has 0 saturated heterocycles. The molecule has 1 heterocycles. The van der Waals surface area contributed by atoms with Crippen LogP contribution in [0.3, 0.4) is 0 Å². The molecule has 1 aromatic carbocycles. The standard InChI is InChI=1S/C13H15ClN2O2/c14-12-8-11(9-17)2-3-13(12)18-7-1-5-16-6-4-15-10-16/h2-4,6,8,10,17H,1,5,7,9H2. The van der Waals surface area contributed by atoms with E-state index in [-0.39, 0.29) is 6.61 Å². The van der Waals surface area contributed by atoms with E-state index in [1.54, 1.807) is 30.7 Å². The summed E-state index contributed by atoms with van der Waals surface area (Å²) in [5, 5.41) is 9.50. The number of benzene rings is 1. The summed E-state index contributed by atoms with van der Waals surface area (Å²) in [5.41, 5.74) is 0.783. The quantitative estimate of drug-likeness (QED) is 0.817. The number of ether oxygens (including phenoxy) is 1. The smallest absolute Gasteiger partial charge is 0.137 e. The van der Waals surface area contributed by atoms with Gasteiger partial charge in [-0.25, -0.2) is 4.98 Å². The zero-order valence-corrected chi connectivity index (χ0v) is 10.7. The lowest BCUT2D eigenvalue weighted by atomic mass is 10.2. The van der Waals surface area contributed by atoms with E-state index in [0.29, 0.717) is 17.4 Å². The summed E-state index contributed by atoms with van der Waals surface area (Å²) >= 11 is 6.04. The average Bonchev–Trinajstić information content (AvgIpc) is 2.89. The van der Waals surface area contributed by atoms with E-state index < -0.39 is 0 Å². The van der Waals surface area contributed by atoms with Crippen LogP contribution in [0.4, 0.5) is 0 Å². The molecule has 0 spiro atoms. The maximum Gasteiger partial charge on any atom is 0.137 e. The van der Waals surface area contributed by atoms with E-state index in [0.717, 1.165) is 18.5 Å². The van der Waals surface area contributed by atoms with Crippen molar-refractivity contribution in [2.75, 3.05) is 6.61 Å². The lowest BCUT2D eigenvalue weighted by molar-refractivity contribution is 0.280. The van der Waals surface area contributed by atoms with Crippen LogP contribution in [-0.2, 0) is 13.2 Å². The Morgan fingerprint density at radius 3 is 2.94 bits per heavy atom. The van der Waals surface area contributed by atoms with Gasteiger partial charge in [0.15, 0.2) is 0 Å². The van der Waals surface area contributed by atoms with Crippen molar-refractivity contribution in [2.24, 2.45) is 0 Å². The molecule has 0 fully saturated rings. The second-order valence-electron chi connectivity index (χ2n) is 3.93. The molecule has 0 bridgehead atoms. The fraction of sp³-hybridized carbons (Fsp3) is 0.308. The van der Waals surface area contributed by atoms with Crippen LogP contribution in [0.5, 0.6) is 5.75 Å². The third-order valence-corrected chi connectivity index (χ3v) is 2.85. The summed E-state index contributed by atoms with van der Waals surface area (Å²) in [4.78, 5) is 3.97. The molecule has 0 aliphatic rings. The Labute approximate surface area is 111 Å². The molecule has 2 aromatic rings. The molecule has 0 atom stereocenters. The third-order valence-electron chi connectivity index (χ3n) is 2.56. The van der Waals surface area contributed by atoms with E-state index in [4.69, 9.17) is 21.4 Å². The number of nitrogens with zero attached hydrogens (tertiary/aromatic N) is 2. The van der Waals surface area contributed by atoms with Gasteiger partial charge in [0.05, 0.1) is 24.6 Å². The number of aryl methyl sites for hydroxylation is 1. The topological polar surface area (TPSA) is 47.3 Å². The van der Waals surface area contributed by atoms with Gasteiger partial charge in [-0.05, 0) is 24.1 Å². The van der Waals surface area contributed by atoms with Crippen LogP contribution >= 0.6 is 11.6 Å². The van der Waals surface area contributed by atoms with Crippen LogP contribution in [0.1, 0.15) is 12.0 Å². The molecule has 0 aliphatic carbocycles. The maximum absolute atomic E-state index is 8.96. The minimum atomic E-state index is -0.0133. The molecule has 96 valence electrons. The van der Waals surface area contributed by atoms with Crippen molar-refractivity contribution in [3.63, 3.8) is 0 Å². The maximum atomic E-state index is 8.96. The van der Waals surface area contributed by atoms with E-state index in [1.165, 1.54) is 0 Å². The molecule has 0 unspecified atom stereocenters. The van der Waals surface area contributed by atoms with E-state index in [1.807, 2.05) is 10.8 Å². The van der Waals surface area contributed by atoms with Crippen molar-refractivity contribution >= 4 is 11.6 Å². The van der Waals surface area contributed by atoms with Gasteiger partial charge in [0.2, 0.25) is 0 Å². The van der Waals surface area contributed by atoms with Gasteiger partial charge in [-0.3, -0.25) is 0 Å². The summed E-state index contributed by atoms with van der Waals surface area (Å²) in [5.74, 6) is 0.652. The van der Waals surface area contributed by atoms with Crippen LogP contribution < -0.4 is 4.74 Å². The van der Waals surface area contributed by atoms with Gasteiger partial charge in [-0.1, -0.05) is 17.7 Å². The lowest BCUT2D eigenvalue weighted by Gasteiger charge is -2.09. The number of imidazole rings is 1. The molecule has 5 heteroatoms. The average molecular weight is 267 g/mol. The minimum Gasteiger partial charge on any atom is -0.492 e. The van der Waals surface area contributed by atoms with Crippen molar-refractivity contribution < 1.29 is 9.84 Å². The zero-order chi connectivity index (χ0) is 12.8. The highest BCUT2D eigenvalue weighted by Crippen LogP contribution is 2.25. The fourth-order valence-electron chi connectivity index (χ4n) is 1.61. The van der Waals surface area contributed by atoms with Crippen molar-refractivity contribution in [1.82, 2.24) is 9.55 Å². The highest BCUT2D eigenvalue weighted by molar-refractivity contribution is 6.32. The Hall–Kier alpha value is -1.52. The van der Waals surface area contributed by atoms with Gasteiger partial charge in [0.25, 0.3) is 0 Å². The van der Waals surface area contributed by atoms with Gasteiger partial charge in [0.1, 0.15) is 5.75 Å². The Morgan fingerprint density at radius 1 is 1.39 bits per heavy atom. The van der Waals surface area contributed by atoms with Gasteiger partial charge in [-0.2, -0.15) is 0 Å². The molecule has 4 nitrogen and oxygen atoms in total. The van der Waals surface area contributed by atoms with Crippen molar-refractivity contribution in [2.45, 2.75) is 19.6 Å². The summed E-state index contributed by atoms with van der Waals surface area (Å²) < 4.78 is 7.59. The van der Waals surface area contributed by atoms with E-state index in [2.05, 4.69) is 4.98 Å². The van der Waals surface area contributed by atoms with Crippen LogP contribution in [0.25, 0.3) is 0 Å².